The quantitative estimate of drug-likeness (QED) is 0.560. The summed E-state index contributed by atoms with van der Waals surface area (Å²) in [5.41, 5.74) is 6.13. The molecule has 1 N–H and O–H groups in total. The first-order valence-electron chi connectivity index (χ1n) is 8.00. The van der Waals surface area contributed by atoms with Gasteiger partial charge in [0.25, 0.3) is 0 Å². The lowest BCUT2D eigenvalue weighted by molar-refractivity contribution is 0.416. The Kier molecular flexibility index (Phi) is 4.52. The summed E-state index contributed by atoms with van der Waals surface area (Å²) in [6, 6.07) is 5.85. The lowest BCUT2D eigenvalue weighted by atomic mass is 10.1. The molecule has 0 saturated heterocycles. The Labute approximate surface area is 146 Å². The van der Waals surface area contributed by atoms with Gasteiger partial charge in [-0.15, -0.1) is 0 Å². The fourth-order valence-corrected chi connectivity index (χ4v) is 2.76. The largest absolute Gasteiger partial charge is 0.496 e. The van der Waals surface area contributed by atoms with Gasteiger partial charge in [-0.3, -0.25) is 0 Å². The van der Waals surface area contributed by atoms with Gasteiger partial charge in [0.1, 0.15) is 11.3 Å². The number of methoxy groups -OCH3 is 1. The van der Waals surface area contributed by atoms with Crippen molar-refractivity contribution < 1.29 is 4.74 Å². The fourth-order valence-electron chi connectivity index (χ4n) is 2.76. The summed E-state index contributed by atoms with van der Waals surface area (Å²) in [5.74, 6) is 0.709. The van der Waals surface area contributed by atoms with Crippen LogP contribution < -0.4 is 9.75 Å². The molecule has 0 atom stereocenters. The minimum atomic E-state index is 0.709. The number of H-pyrrole nitrogens is 1. The van der Waals surface area contributed by atoms with Gasteiger partial charge in [0.15, 0.2) is 5.65 Å². The predicted octanol–water partition coefficient (Wildman–Crippen LogP) is 4.21. The second kappa shape index (κ2) is 6.76. The number of benzene rings is 1. The molecule has 2 heterocycles. The smallest absolute Gasteiger partial charge is 0.156 e. The van der Waals surface area contributed by atoms with Crippen molar-refractivity contribution >= 4 is 23.1 Å². The highest BCUT2D eigenvalue weighted by Crippen LogP contribution is 2.35. The molecule has 1 aromatic carbocycles. The van der Waals surface area contributed by atoms with Crippen LogP contribution in [0.25, 0.3) is 22.4 Å². The van der Waals surface area contributed by atoms with Crippen LogP contribution in [-0.2, 0) is 0 Å². The average molecular weight is 335 g/mol. The molecule has 0 saturated carbocycles. The van der Waals surface area contributed by atoms with E-state index in [0.717, 1.165) is 39.4 Å². The summed E-state index contributed by atoms with van der Waals surface area (Å²) in [7, 11) is 1.65. The van der Waals surface area contributed by atoms with E-state index in [9.17, 15) is 0 Å². The Hall–Kier alpha value is -3.15. The average Bonchev–Trinajstić information content (AvgIpc) is 2.98. The van der Waals surface area contributed by atoms with Gasteiger partial charge >= 0.3 is 0 Å². The van der Waals surface area contributed by atoms with Crippen LogP contribution >= 0.6 is 0 Å². The molecule has 0 aliphatic heterocycles. The molecular formula is C19H21N5O. The molecule has 6 nitrogen and oxygen atoms in total. The summed E-state index contributed by atoms with van der Waals surface area (Å²) < 4.78 is 5.60. The summed E-state index contributed by atoms with van der Waals surface area (Å²) in [4.78, 5) is 12.6. The van der Waals surface area contributed by atoms with Crippen molar-refractivity contribution in [1.82, 2.24) is 15.0 Å². The van der Waals surface area contributed by atoms with Crippen LogP contribution in [-0.4, -0.2) is 28.3 Å². The topological polar surface area (TPSA) is 66.4 Å². The summed E-state index contributed by atoms with van der Waals surface area (Å²) >= 11 is 0. The van der Waals surface area contributed by atoms with Gasteiger partial charge in [0, 0.05) is 30.2 Å². The van der Waals surface area contributed by atoms with Crippen molar-refractivity contribution in [2.24, 2.45) is 5.10 Å². The summed E-state index contributed by atoms with van der Waals surface area (Å²) in [5, 5.41) is 5.94. The van der Waals surface area contributed by atoms with E-state index in [-0.39, 0.29) is 0 Å². The van der Waals surface area contributed by atoms with Crippen LogP contribution in [0.5, 0.6) is 5.75 Å². The maximum atomic E-state index is 5.60. The molecule has 3 rings (SSSR count). The zero-order valence-corrected chi connectivity index (χ0v) is 14.9. The number of ether oxygens (including phenoxy) is 1. The third kappa shape index (κ3) is 2.98. The highest BCUT2D eigenvalue weighted by molar-refractivity contribution is 5.81. The number of aromatic amines is 1. The maximum absolute atomic E-state index is 5.60. The van der Waals surface area contributed by atoms with Gasteiger partial charge in [-0.1, -0.05) is 6.58 Å². The maximum Gasteiger partial charge on any atom is 0.156 e. The summed E-state index contributed by atoms with van der Waals surface area (Å²) in [6.07, 6.45) is 5.27. The highest BCUT2D eigenvalue weighted by atomic mass is 16.5. The molecule has 3 aromatic rings. The number of fused-ring (bicyclic) bond motifs is 1. The molecule has 0 amide bonds. The molecule has 0 unspecified atom stereocenters. The van der Waals surface area contributed by atoms with Gasteiger partial charge in [-0.25, -0.2) is 15.0 Å². The number of aromatic nitrogens is 3. The number of nitrogens with one attached hydrogen (secondary N) is 1. The van der Waals surface area contributed by atoms with Crippen molar-refractivity contribution in [2.75, 3.05) is 12.1 Å². The van der Waals surface area contributed by atoms with Crippen LogP contribution in [0.15, 0.2) is 42.3 Å². The fraction of sp³-hybridized carbons (Fsp3) is 0.211. The van der Waals surface area contributed by atoms with E-state index in [2.05, 4.69) is 21.6 Å². The van der Waals surface area contributed by atoms with E-state index in [4.69, 9.17) is 9.72 Å². The summed E-state index contributed by atoms with van der Waals surface area (Å²) in [6.45, 7) is 9.61. The second-order valence-electron chi connectivity index (χ2n) is 5.61. The van der Waals surface area contributed by atoms with Crippen LogP contribution in [0.4, 0.5) is 5.69 Å². The Morgan fingerprint density at radius 1 is 1.28 bits per heavy atom. The third-order valence-corrected chi connectivity index (χ3v) is 3.99. The van der Waals surface area contributed by atoms with Crippen LogP contribution in [0.2, 0.25) is 0 Å². The number of aryl methyl sites for hydroxylation is 2. The van der Waals surface area contributed by atoms with E-state index in [1.165, 1.54) is 0 Å². The number of hydrogen-bond donors (Lipinski definition) is 1. The van der Waals surface area contributed by atoms with Gasteiger partial charge < -0.3 is 9.72 Å². The Bertz CT molecular complexity index is 958. The Morgan fingerprint density at radius 3 is 2.76 bits per heavy atom. The zero-order chi connectivity index (χ0) is 18.0. The molecule has 2 aromatic heterocycles. The molecule has 128 valence electrons. The molecular weight excluding hydrogens is 314 g/mol. The van der Waals surface area contributed by atoms with Crippen molar-refractivity contribution in [2.45, 2.75) is 20.8 Å². The van der Waals surface area contributed by atoms with Crippen LogP contribution in [0, 0.1) is 13.8 Å². The van der Waals surface area contributed by atoms with E-state index < -0.39 is 0 Å². The Morgan fingerprint density at radius 2 is 2.08 bits per heavy atom. The molecule has 0 fully saturated rings. The SMILES string of the molecule is C=CN(/N=C\C)c1ccc(-c2nc3c(C)c[nH]c3nc2C)c(OC)c1. The number of hydrazone groups is 1. The predicted molar refractivity (Wildman–Crippen MR) is 102 cm³/mol. The lowest BCUT2D eigenvalue weighted by Gasteiger charge is -2.17. The third-order valence-electron chi connectivity index (χ3n) is 3.99. The molecule has 0 radical (unpaired) electrons. The minimum absolute atomic E-state index is 0.709. The van der Waals surface area contributed by atoms with Gasteiger partial charge in [0.2, 0.25) is 0 Å². The lowest BCUT2D eigenvalue weighted by Crippen LogP contribution is -2.07. The molecule has 0 bridgehead atoms. The van der Waals surface area contributed by atoms with Gasteiger partial charge in [-0.05, 0) is 38.5 Å². The standard InChI is InChI=1S/C19H21N5O/c1-6-21-24(7-2)14-8-9-15(16(10-14)25-5)18-13(4)22-19-17(23-18)12(3)11-20-19/h6-11H,2H2,1,3-5H3,(H,20,22)/b21-6-. The van der Waals surface area contributed by atoms with Crippen molar-refractivity contribution in [3.63, 3.8) is 0 Å². The Balaban J connectivity index is 2.15. The van der Waals surface area contributed by atoms with Crippen molar-refractivity contribution in [1.29, 1.82) is 0 Å². The number of anilines is 1. The van der Waals surface area contributed by atoms with Crippen molar-refractivity contribution in [3.8, 4) is 17.0 Å². The first-order valence-corrected chi connectivity index (χ1v) is 8.00. The monoisotopic (exact) mass is 335 g/mol. The first-order chi connectivity index (χ1) is 12.1. The molecule has 6 heteroatoms. The second-order valence-corrected chi connectivity index (χ2v) is 5.61. The highest BCUT2D eigenvalue weighted by Gasteiger charge is 2.15. The number of nitrogens with zero attached hydrogens (tertiary/aromatic N) is 4. The first kappa shape index (κ1) is 16.7. The molecule has 0 aliphatic rings. The number of rotatable bonds is 5. The van der Waals surface area contributed by atoms with Gasteiger partial charge in [0.05, 0.1) is 24.2 Å². The minimum Gasteiger partial charge on any atom is -0.496 e. The van der Waals surface area contributed by atoms with Crippen LogP contribution in [0.1, 0.15) is 18.2 Å². The number of hydrogen-bond acceptors (Lipinski definition) is 5. The molecule has 25 heavy (non-hydrogen) atoms. The van der Waals surface area contributed by atoms with E-state index in [1.807, 2.05) is 45.2 Å². The van der Waals surface area contributed by atoms with E-state index >= 15 is 0 Å². The zero-order valence-electron chi connectivity index (χ0n) is 14.9. The van der Waals surface area contributed by atoms with Gasteiger partial charge in [-0.2, -0.15) is 5.10 Å². The van der Waals surface area contributed by atoms with E-state index in [1.54, 1.807) is 24.5 Å². The van der Waals surface area contributed by atoms with E-state index in [0.29, 0.717) is 5.75 Å². The molecule has 0 spiro atoms. The normalized spacial score (nSPS) is 11.2. The molecule has 0 aliphatic carbocycles. The van der Waals surface area contributed by atoms with Crippen molar-refractivity contribution in [3.05, 3.63) is 48.4 Å². The van der Waals surface area contributed by atoms with Crippen LogP contribution in [0.3, 0.4) is 0 Å².